The first kappa shape index (κ1) is 22.3. The lowest BCUT2D eigenvalue weighted by molar-refractivity contribution is -0.128. The molecule has 1 fully saturated rings. The lowest BCUT2D eigenvalue weighted by Crippen LogP contribution is -2.28. The Bertz CT molecular complexity index is 1110. The van der Waals surface area contributed by atoms with Gasteiger partial charge in [-0.1, -0.05) is 43.3 Å². The molecule has 1 aliphatic heterocycles. The molecule has 0 saturated carbocycles. The van der Waals surface area contributed by atoms with Gasteiger partial charge in [-0.25, -0.2) is 9.78 Å². The van der Waals surface area contributed by atoms with Crippen LogP contribution in [0.2, 0.25) is 0 Å². The van der Waals surface area contributed by atoms with Gasteiger partial charge in [-0.15, -0.1) is 0 Å². The zero-order valence-corrected chi connectivity index (χ0v) is 18.7. The number of hydrogen-bond donors (Lipinski definition) is 2. The minimum Gasteiger partial charge on any atom is -0.439 e. The Balaban J connectivity index is 1.26. The largest absolute Gasteiger partial charge is 0.439 e. The molecule has 0 bridgehead atoms. The fourth-order valence-electron chi connectivity index (χ4n) is 3.75. The van der Waals surface area contributed by atoms with Gasteiger partial charge in [0.15, 0.2) is 0 Å². The zero-order valence-electron chi connectivity index (χ0n) is 18.7. The molecule has 7 nitrogen and oxygen atoms in total. The number of carbonyl (C=O) groups is 2. The van der Waals surface area contributed by atoms with E-state index >= 15 is 0 Å². The summed E-state index contributed by atoms with van der Waals surface area (Å²) in [6, 6.07) is 19.0. The molecule has 1 saturated heterocycles. The van der Waals surface area contributed by atoms with Crippen LogP contribution >= 0.6 is 0 Å². The fourth-order valence-corrected chi connectivity index (χ4v) is 3.75. The number of benzene rings is 2. The Labute approximate surface area is 193 Å². The van der Waals surface area contributed by atoms with Gasteiger partial charge in [0, 0.05) is 32.1 Å². The molecule has 7 heteroatoms. The topological polar surface area (TPSA) is 83.6 Å². The number of pyridine rings is 1. The number of rotatable bonds is 8. The van der Waals surface area contributed by atoms with Crippen LogP contribution in [0, 0.1) is 0 Å². The van der Waals surface area contributed by atoms with Gasteiger partial charge in [0.2, 0.25) is 11.8 Å². The van der Waals surface area contributed by atoms with Crippen molar-refractivity contribution in [1.82, 2.24) is 15.2 Å². The number of aryl methyl sites for hydroxylation is 1. The summed E-state index contributed by atoms with van der Waals surface area (Å²) in [6.45, 7) is 3.90. The molecule has 3 amide bonds. The van der Waals surface area contributed by atoms with Crippen LogP contribution in [-0.4, -0.2) is 28.4 Å². The van der Waals surface area contributed by atoms with Crippen LogP contribution < -0.4 is 15.4 Å². The quantitative estimate of drug-likeness (QED) is 0.519. The summed E-state index contributed by atoms with van der Waals surface area (Å²) in [7, 11) is 0. The molecule has 2 N–H and O–H groups in total. The average molecular weight is 445 g/mol. The Morgan fingerprint density at radius 1 is 1.06 bits per heavy atom. The summed E-state index contributed by atoms with van der Waals surface area (Å²) in [5.41, 5.74) is 3.81. The Kier molecular flexibility index (Phi) is 7.19. The standard InChI is InChI=1S/C26H28N4O3/c1-2-19-6-4-9-23(15-19)33-24-12-11-22(17-27-24)29-26(32)28-16-20-7-3-8-21(14-20)18-30-13-5-10-25(30)31/h3-4,6-9,11-12,14-15,17H,2,5,10,13,16,18H2,1H3,(H2,28,29,32). The first-order valence-electron chi connectivity index (χ1n) is 11.2. The third-order valence-electron chi connectivity index (χ3n) is 5.51. The van der Waals surface area contributed by atoms with Crippen molar-refractivity contribution in [3.63, 3.8) is 0 Å². The third kappa shape index (κ3) is 6.32. The van der Waals surface area contributed by atoms with Gasteiger partial charge in [-0.2, -0.15) is 0 Å². The van der Waals surface area contributed by atoms with E-state index in [0.29, 0.717) is 31.1 Å². The first-order valence-corrected chi connectivity index (χ1v) is 11.2. The minimum absolute atomic E-state index is 0.206. The van der Waals surface area contributed by atoms with E-state index in [2.05, 4.69) is 28.6 Å². The number of nitrogens with one attached hydrogen (secondary N) is 2. The van der Waals surface area contributed by atoms with E-state index in [-0.39, 0.29) is 11.9 Å². The van der Waals surface area contributed by atoms with E-state index in [1.807, 2.05) is 47.4 Å². The molecule has 1 aromatic heterocycles. The number of likely N-dealkylation sites (tertiary alicyclic amines) is 1. The van der Waals surface area contributed by atoms with Crippen molar-refractivity contribution in [3.8, 4) is 11.6 Å². The lowest BCUT2D eigenvalue weighted by atomic mass is 10.1. The maximum absolute atomic E-state index is 12.3. The highest BCUT2D eigenvalue weighted by Crippen LogP contribution is 2.22. The van der Waals surface area contributed by atoms with Crippen LogP contribution in [-0.2, 0) is 24.3 Å². The van der Waals surface area contributed by atoms with Gasteiger partial charge < -0.3 is 20.3 Å². The highest BCUT2D eigenvalue weighted by atomic mass is 16.5. The van der Waals surface area contributed by atoms with Gasteiger partial charge in [0.25, 0.3) is 0 Å². The van der Waals surface area contributed by atoms with E-state index in [4.69, 9.17) is 4.74 Å². The van der Waals surface area contributed by atoms with Crippen LogP contribution in [0.3, 0.4) is 0 Å². The monoisotopic (exact) mass is 444 g/mol. The second-order valence-electron chi connectivity index (χ2n) is 8.03. The molecule has 2 aromatic carbocycles. The van der Waals surface area contributed by atoms with Gasteiger partial charge in [-0.3, -0.25) is 4.79 Å². The number of amides is 3. The Morgan fingerprint density at radius 2 is 1.88 bits per heavy atom. The molecular weight excluding hydrogens is 416 g/mol. The Hall–Kier alpha value is -3.87. The molecule has 0 unspecified atom stereocenters. The van der Waals surface area contributed by atoms with Crippen LogP contribution in [0.1, 0.15) is 36.5 Å². The number of carbonyl (C=O) groups excluding carboxylic acids is 2. The molecule has 2 heterocycles. The van der Waals surface area contributed by atoms with Crippen molar-refractivity contribution in [1.29, 1.82) is 0 Å². The lowest BCUT2D eigenvalue weighted by Gasteiger charge is -2.16. The van der Waals surface area contributed by atoms with E-state index < -0.39 is 0 Å². The predicted molar refractivity (Wildman–Crippen MR) is 127 cm³/mol. The second-order valence-corrected chi connectivity index (χ2v) is 8.03. The van der Waals surface area contributed by atoms with Gasteiger partial charge in [0.1, 0.15) is 5.75 Å². The van der Waals surface area contributed by atoms with Crippen molar-refractivity contribution < 1.29 is 14.3 Å². The SMILES string of the molecule is CCc1cccc(Oc2ccc(NC(=O)NCc3cccc(CN4CCCC4=O)c3)cn2)c1. The molecule has 0 atom stereocenters. The Morgan fingerprint density at radius 3 is 2.64 bits per heavy atom. The summed E-state index contributed by atoms with van der Waals surface area (Å²) in [5, 5.41) is 5.63. The van der Waals surface area contributed by atoms with Crippen LogP contribution in [0.4, 0.5) is 10.5 Å². The molecule has 1 aliphatic rings. The highest BCUT2D eigenvalue weighted by Gasteiger charge is 2.19. The molecular formula is C26H28N4O3. The molecule has 3 aromatic rings. The summed E-state index contributed by atoms with van der Waals surface area (Å²) < 4.78 is 5.79. The van der Waals surface area contributed by atoms with E-state index in [1.54, 1.807) is 18.3 Å². The minimum atomic E-state index is -0.318. The van der Waals surface area contributed by atoms with E-state index in [0.717, 1.165) is 36.3 Å². The third-order valence-corrected chi connectivity index (χ3v) is 5.51. The maximum atomic E-state index is 12.3. The molecule has 4 rings (SSSR count). The normalized spacial score (nSPS) is 13.1. The molecule has 33 heavy (non-hydrogen) atoms. The summed E-state index contributed by atoms with van der Waals surface area (Å²) in [6.07, 6.45) is 4.06. The van der Waals surface area contributed by atoms with Crippen molar-refractivity contribution in [2.24, 2.45) is 0 Å². The molecule has 170 valence electrons. The number of aromatic nitrogens is 1. The number of urea groups is 1. The van der Waals surface area contributed by atoms with Crippen molar-refractivity contribution in [3.05, 3.63) is 83.6 Å². The van der Waals surface area contributed by atoms with Crippen molar-refractivity contribution in [2.45, 2.75) is 39.3 Å². The van der Waals surface area contributed by atoms with Crippen LogP contribution in [0.5, 0.6) is 11.6 Å². The number of anilines is 1. The zero-order chi connectivity index (χ0) is 23.0. The number of ether oxygens (including phenoxy) is 1. The highest BCUT2D eigenvalue weighted by molar-refractivity contribution is 5.89. The van der Waals surface area contributed by atoms with E-state index in [9.17, 15) is 9.59 Å². The second kappa shape index (κ2) is 10.6. The molecule has 0 radical (unpaired) electrons. The van der Waals surface area contributed by atoms with Gasteiger partial charge in [0.05, 0.1) is 11.9 Å². The molecule has 0 aliphatic carbocycles. The van der Waals surface area contributed by atoms with Crippen molar-refractivity contribution >= 4 is 17.6 Å². The van der Waals surface area contributed by atoms with E-state index in [1.165, 1.54) is 5.56 Å². The average Bonchev–Trinajstić information content (AvgIpc) is 3.23. The predicted octanol–water partition coefficient (Wildman–Crippen LogP) is 4.88. The summed E-state index contributed by atoms with van der Waals surface area (Å²) >= 11 is 0. The number of nitrogens with zero attached hydrogens (tertiary/aromatic N) is 2. The van der Waals surface area contributed by atoms with Crippen LogP contribution in [0.25, 0.3) is 0 Å². The van der Waals surface area contributed by atoms with Gasteiger partial charge in [-0.05, 0) is 47.7 Å². The summed E-state index contributed by atoms with van der Waals surface area (Å²) in [5.74, 6) is 1.40. The van der Waals surface area contributed by atoms with Crippen LogP contribution in [0.15, 0.2) is 66.9 Å². The first-order chi connectivity index (χ1) is 16.1. The smallest absolute Gasteiger partial charge is 0.319 e. The molecule has 0 spiro atoms. The number of hydrogen-bond acceptors (Lipinski definition) is 4. The van der Waals surface area contributed by atoms with Gasteiger partial charge >= 0.3 is 6.03 Å². The van der Waals surface area contributed by atoms with Crippen molar-refractivity contribution in [2.75, 3.05) is 11.9 Å². The fraction of sp³-hybridized carbons (Fsp3) is 0.269. The maximum Gasteiger partial charge on any atom is 0.319 e. The summed E-state index contributed by atoms with van der Waals surface area (Å²) in [4.78, 5) is 30.3.